The number of halogens is 3. The van der Waals surface area contributed by atoms with Crippen molar-refractivity contribution in [2.75, 3.05) is 6.54 Å². The standard InChI is InChI=1S/C23H26F3N3O3/c1-2-3-18-6-7-19(14-27)29(18)28(15-22(30)31)17-8-12-21(13-9-17)32-20-10-4-16(5-11-20)23(24,25)26/h4-5,10-11,17-19,21H,6-9,12-13,15H2,1H3,(H,30,31). The van der Waals surface area contributed by atoms with Crippen LogP contribution in [0.3, 0.4) is 0 Å². The van der Waals surface area contributed by atoms with Crippen molar-refractivity contribution in [3.8, 4) is 23.7 Å². The van der Waals surface area contributed by atoms with E-state index in [1.165, 1.54) is 12.1 Å². The predicted octanol–water partition coefficient (Wildman–Crippen LogP) is 4.08. The number of carbonyl (C=O) groups is 1. The third-order valence-electron chi connectivity index (χ3n) is 5.96. The summed E-state index contributed by atoms with van der Waals surface area (Å²) < 4.78 is 44.0. The molecule has 2 aliphatic rings. The highest BCUT2D eigenvalue weighted by molar-refractivity contribution is 5.69. The summed E-state index contributed by atoms with van der Waals surface area (Å²) in [5, 5.41) is 22.7. The first-order chi connectivity index (χ1) is 15.2. The number of hydrogen-bond acceptors (Lipinski definition) is 5. The fourth-order valence-electron chi connectivity index (χ4n) is 4.50. The summed E-state index contributed by atoms with van der Waals surface area (Å²) in [6.45, 7) is 1.51. The fourth-order valence-corrected chi connectivity index (χ4v) is 4.50. The molecule has 2 atom stereocenters. The average Bonchev–Trinajstić information content (AvgIpc) is 3.15. The van der Waals surface area contributed by atoms with Crippen molar-refractivity contribution in [2.45, 2.75) is 75.9 Å². The van der Waals surface area contributed by atoms with Gasteiger partial charge in [0.2, 0.25) is 0 Å². The maximum Gasteiger partial charge on any atom is 0.416 e. The van der Waals surface area contributed by atoms with Crippen LogP contribution in [0.2, 0.25) is 0 Å². The average molecular weight is 449 g/mol. The maximum atomic E-state index is 12.7. The first-order valence-corrected chi connectivity index (χ1v) is 10.7. The van der Waals surface area contributed by atoms with Gasteiger partial charge in [-0.3, -0.25) is 4.79 Å². The van der Waals surface area contributed by atoms with E-state index in [0.29, 0.717) is 44.3 Å². The van der Waals surface area contributed by atoms with E-state index >= 15 is 0 Å². The van der Waals surface area contributed by atoms with Crippen molar-refractivity contribution >= 4 is 5.97 Å². The summed E-state index contributed by atoms with van der Waals surface area (Å²) in [7, 11) is 0. The Morgan fingerprint density at radius 2 is 1.78 bits per heavy atom. The summed E-state index contributed by atoms with van der Waals surface area (Å²) in [6.07, 6.45) is -0.625. The van der Waals surface area contributed by atoms with E-state index in [4.69, 9.17) is 4.74 Å². The van der Waals surface area contributed by atoms with Crippen molar-refractivity contribution in [3.63, 3.8) is 0 Å². The van der Waals surface area contributed by atoms with Gasteiger partial charge in [0, 0.05) is 6.04 Å². The first-order valence-electron chi connectivity index (χ1n) is 10.7. The number of rotatable bonds is 6. The Labute approximate surface area is 185 Å². The van der Waals surface area contributed by atoms with Crippen molar-refractivity contribution in [3.05, 3.63) is 29.8 Å². The number of hydrazine groups is 1. The number of hydrogen-bond donors (Lipinski definition) is 1. The second kappa shape index (κ2) is 10.2. The number of carboxylic acids is 1. The van der Waals surface area contributed by atoms with Gasteiger partial charge in [0.05, 0.1) is 23.8 Å². The Kier molecular flexibility index (Phi) is 7.65. The molecule has 1 saturated heterocycles. The van der Waals surface area contributed by atoms with E-state index in [1.54, 1.807) is 11.9 Å². The molecule has 1 aromatic rings. The van der Waals surface area contributed by atoms with Gasteiger partial charge in [-0.05, 0) is 69.7 Å². The first kappa shape index (κ1) is 23.9. The van der Waals surface area contributed by atoms with Crippen LogP contribution in [-0.4, -0.2) is 51.9 Å². The molecule has 6 nitrogen and oxygen atoms in total. The normalized spacial score (nSPS) is 26.2. The van der Waals surface area contributed by atoms with Crippen LogP contribution >= 0.6 is 0 Å². The molecule has 0 amide bonds. The van der Waals surface area contributed by atoms with Crippen molar-refractivity contribution in [1.82, 2.24) is 10.0 Å². The lowest BCUT2D eigenvalue weighted by atomic mass is 9.92. The Bertz CT molecular complexity index is 894. The summed E-state index contributed by atoms with van der Waals surface area (Å²) in [5.74, 6) is 5.38. The second-order valence-corrected chi connectivity index (χ2v) is 8.07. The molecule has 9 heteroatoms. The molecule has 0 radical (unpaired) electrons. The zero-order valence-corrected chi connectivity index (χ0v) is 17.8. The molecule has 0 spiro atoms. The molecule has 172 valence electrons. The minimum atomic E-state index is -4.39. The third-order valence-corrected chi connectivity index (χ3v) is 5.96. The van der Waals surface area contributed by atoms with E-state index in [9.17, 15) is 28.3 Å². The van der Waals surface area contributed by atoms with E-state index in [1.807, 2.05) is 5.01 Å². The highest BCUT2D eigenvalue weighted by Crippen LogP contribution is 2.34. The summed E-state index contributed by atoms with van der Waals surface area (Å²) in [4.78, 5) is 11.6. The number of nitriles is 1. The van der Waals surface area contributed by atoms with E-state index in [2.05, 4.69) is 17.9 Å². The smallest absolute Gasteiger partial charge is 0.416 e. The zero-order chi connectivity index (χ0) is 23.3. The molecule has 1 saturated carbocycles. The number of carboxylic acid groups (broad SMARTS) is 1. The van der Waals surface area contributed by atoms with Gasteiger partial charge in [-0.25, -0.2) is 10.0 Å². The number of benzene rings is 1. The number of ether oxygens (including phenoxy) is 1. The van der Waals surface area contributed by atoms with Gasteiger partial charge in [-0.1, -0.05) is 5.92 Å². The molecular weight excluding hydrogens is 423 g/mol. The monoisotopic (exact) mass is 449 g/mol. The van der Waals surface area contributed by atoms with Crippen LogP contribution in [0.4, 0.5) is 13.2 Å². The Morgan fingerprint density at radius 1 is 1.16 bits per heavy atom. The van der Waals surface area contributed by atoms with Crippen molar-refractivity contribution in [2.24, 2.45) is 0 Å². The molecule has 1 heterocycles. The van der Waals surface area contributed by atoms with Crippen molar-refractivity contribution < 1.29 is 27.8 Å². The molecule has 1 N–H and O–H groups in total. The second-order valence-electron chi connectivity index (χ2n) is 8.07. The maximum absolute atomic E-state index is 12.7. The molecular formula is C23H26F3N3O3. The number of nitrogens with zero attached hydrogens (tertiary/aromatic N) is 3. The van der Waals surface area contributed by atoms with Gasteiger partial charge >= 0.3 is 12.1 Å². The molecule has 3 rings (SSSR count). The quantitative estimate of drug-likeness (QED) is 0.660. The number of alkyl halides is 3. The van der Waals surface area contributed by atoms with Crippen LogP contribution in [0.1, 0.15) is 51.0 Å². The van der Waals surface area contributed by atoms with Crippen LogP contribution in [0.15, 0.2) is 24.3 Å². The number of aliphatic carboxylic acids is 1. The highest BCUT2D eigenvalue weighted by atomic mass is 19.4. The van der Waals surface area contributed by atoms with Crippen LogP contribution in [0.5, 0.6) is 5.75 Å². The van der Waals surface area contributed by atoms with E-state index in [-0.39, 0.29) is 24.7 Å². The Morgan fingerprint density at radius 3 is 2.31 bits per heavy atom. The van der Waals surface area contributed by atoms with Gasteiger partial charge in [0.25, 0.3) is 0 Å². The van der Waals surface area contributed by atoms with Crippen LogP contribution < -0.4 is 4.74 Å². The minimum absolute atomic E-state index is 0.0753. The zero-order valence-electron chi connectivity index (χ0n) is 17.8. The third kappa shape index (κ3) is 5.73. The molecule has 2 fully saturated rings. The van der Waals surface area contributed by atoms with Gasteiger partial charge in [-0.2, -0.15) is 18.4 Å². The van der Waals surface area contributed by atoms with E-state index < -0.39 is 23.8 Å². The lowest BCUT2D eigenvalue weighted by Crippen LogP contribution is -2.56. The van der Waals surface area contributed by atoms with Crippen LogP contribution in [0.25, 0.3) is 0 Å². The summed E-state index contributed by atoms with van der Waals surface area (Å²) >= 11 is 0. The Balaban J connectivity index is 1.65. The lowest BCUT2D eigenvalue weighted by molar-refractivity contribution is -0.151. The molecule has 1 aliphatic heterocycles. The molecule has 2 unspecified atom stereocenters. The largest absolute Gasteiger partial charge is 0.490 e. The molecule has 0 aromatic heterocycles. The highest BCUT2D eigenvalue weighted by Gasteiger charge is 2.41. The minimum Gasteiger partial charge on any atom is -0.490 e. The van der Waals surface area contributed by atoms with Crippen molar-refractivity contribution in [1.29, 1.82) is 5.26 Å². The molecule has 32 heavy (non-hydrogen) atoms. The van der Waals surface area contributed by atoms with Gasteiger partial charge < -0.3 is 9.84 Å². The Hall–Kier alpha value is -2.75. The van der Waals surface area contributed by atoms with Gasteiger partial charge in [0.1, 0.15) is 18.3 Å². The predicted molar refractivity (Wildman–Crippen MR) is 110 cm³/mol. The van der Waals surface area contributed by atoms with E-state index in [0.717, 1.165) is 12.1 Å². The summed E-state index contributed by atoms with van der Waals surface area (Å²) in [6, 6.07) is 6.23. The van der Waals surface area contributed by atoms with Crippen LogP contribution in [0, 0.1) is 23.2 Å². The van der Waals surface area contributed by atoms with Gasteiger partial charge in [0.15, 0.2) is 0 Å². The van der Waals surface area contributed by atoms with Crippen LogP contribution in [-0.2, 0) is 11.0 Å². The molecule has 0 bridgehead atoms. The molecule has 1 aromatic carbocycles. The van der Waals surface area contributed by atoms with Gasteiger partial charge in [-0.15, -0.1) is 5.92 Å². The molecule has 1 aliphatic carbocycles. The summed E-state index contributed by atoms with van der Waals surface area (Å²) in [5.41, 5.74) is -0.722. The topological polar surface area (TPSA) is 76.8 Å². The lowest BCUT2D eigenvalue weighted by Gasteiger charge is -2.43. The fraction of sp³-hybridized carbons (Fsp3) is 0.565. The SMILES string of the molecule is CC#CC1CCC(C#N)N1N(CC(=O)O)C1CCC(Oc2ccc(C(F)(F)F)cc2)CC1.